The van der Waals surface area contributed by atoms with Crippen molar-refractivity contribution in [2.24, 2.45) is 5.92 Å². The largest absolute Gasteiger partial charge is 0.385 e. The standard InChI is InChI=1S/C12H25NO3/c1-11-12(4-8-16-11)10-13-5-9-15-7-3-6-14-2/h11-13H,3-10H2,1-2H3. The molecule has 0 saturated carbocycles. The summed E-state index contributed by atoms with van der Waals surface area (Å²) in [5.74, 6) is 0.675. The fourth-order valence-electron chi connectivity index (χ4n) is 1.88. The summed E-state index contributed by atoms with van der Waals surface area (Å²) in [4.78, 5) is 0. The Labute approximate surface area is 98.6 Å². The van der Waals surface area contributed by atoms with Gasteiger partial charge in [-0.05, 0) is 25.7 Å². The summed E-state index contributed by atoms with van der Waals surface area (Å²) in [5.41, 5.74) is 0. The lowest BCUT2D eigenvalue weighted by Gasteiger charge is -2.14. The second-order valence-corrected chi connectivity index (χ2v) is 4.29. The Hall–Kier alpha value is -0.160. The second kappa shape index (κ2) is 8.93. The van der Waals surface area contributed by atoms with Gasteiger partial charge in [0.2, 0.25) is 0 Å². The van der Waals surface area contributed by atoms with Crippen LogP contribution in [0.15, 0.2) is 0 Å². The molecule has 2 atom stereocenters. The highest BCUT2D eigenvalue weighted by Crippen LogP contribution is 2.18. The first kappa shape index (κ1) is 13.9. The molecule has 4 heteroatoms. The quantitative estimate of drug-likeness (QED) is 0.602. The van der Waals surface area contributed by atoms with E-state index in [2.05, 4.69) is 12.2 Å². The molecule has 0 radical (unpaired) electrons. The average Bonchev–Trinajstić information content (AvgIpc) is 2.68. The van der Waals surface area contributed by atoms with Crippen molar-refractivity contribution in [2.45, 2.75) is 25.9 Å². The molecule has 4 nitrogen and oxygen atoms in total. The maximum Gasteiger partial charge on any atom is 0.0590 e. The lowest BCUT2D eigenvalue weighted by Crippen LogP contribution is -2.29. The van der Waals surface area contributed by atoms with Crippen molar-refractivity contribution in [3.8, 4) is 0 Å². The number of rotatable bonds is 9. The van der Waals surface area contributed by atoms with Gasteiger partial charge in [0.1, 0.15) is 0 Å². The topological polar surface area (TPSA) is 39.7 Å². The lowest BCUT2D eigenvalue weighted by molar-refractivity contribution is 0.0970. The van der Waals surface area contributed by atoms with Crippen molar-refractivity contribution in [1.29, 1.82) is 0 Å². The summed E-state index contributed by atoms with van der Waals surface area (Å²) in [6.07, 6.45) is 2.57. The lowest BCUT2D eigenvalue weighted by atomic mass is 10.0. The number of hydrogen-bond donors (Lipinski definition) is 1. The molecule has 1 rings (SSSR count). The van der Waals surface area contributed by atoms with Crippen LogP contribution in [0.2, 0.25) is 0 Å². The van der Waals surface area contributed by atoms with Crippen LogP contribution >= 0.6 is 0 Å². The first-order valence-corrected chi connectivity index (χ1v) is 6.23. The van der Waals surface area contributed by atoms with E-state index in [1.165, 1.54) is 6.42 Å². The molecule has 0 amide bonds. The Morgan fingerprint density at radius 3 is 2.88 bits per heavy atom. The molecule has 0 bridgehead atoms. The molecule has 0 aromatic carbocycles. The normalized spacial score (nSPS) is 25.1. The van der Waals surface area contributed by atoms with Crippen LogP contribution in [0.1, 0.15) is 19.8 Å². The zero-order valence-corrected chi connectivity index (χ0v) is 10.5. The van der Waals surface area contributed by atoms with Gasteiger partial charge in [0.05, 0.1) is 12.7 Å². The molecule has 1 heterocycles. The molecule has 0 aromatic heterocycles. The summed E-state index contributed by atoms with van der Waals surface area (Å²) in [7, 11) is 1.71. The Bertz CT molecular complexity index is 166. The highest BCUT2D eigenvalue weighted by Gasteiger charge is 2.23. The van der Waals surface area contributed by atoms with Crippen LogP contribution in [0.25, 0.3) is 0 Å². The maximum absolute atomic E-state index is 5.50. The molecular formula is C12H25NO3. The molecule has 96 valence electrons. The monoisotopic (exact) mass is 231 g/mol. The van der Waals surface area contributed by atoms with Gasteiger partial charge < -0.3 is 19.5 Å². The van der Waals surface area contributed by atoms with Gasteiger partial charge in [-0.1, -0.05) is 0 Å². The molecule has 1 fully saturated rings. The van der Waals surface area contributed by atoms with E-state index in [0.717, 1.165) is 45.9 Å². The van der Waals surface area contributed by atoms with Crippen LogP contribution in [0.4, 0.5) is 0 Å². The van der Waals surface area contributed by atoms with Crippen molar-refractivity contribution in [2.75, 3.05) is 46.6 Å². The molecule has 0 aromatic rings. The third-order valence-corrected chi connectivity index (χ3v) is 3.00. The fraction of sp³-hybridized carbons (Fsp3) is 1.00. The summed E-state index contributed by atoms with van der Waals surface area (Å²) < 4.78 is 15.9. The van der Waals surface area contributed by atoms with Gasteiger partial charge in [-0.2, -0.15) is 0 Å². The Balaban J connectivity index is 1.81. The van der Waals surface area contributed by atoms with Gasteiger partial charge >= 0.3 is 0 Å². The van der Waals surface area contributed by atoms with E-state index in [1.807, 2.05) is 0 Å². The Morgan fingerprint density at radius 2 is 2.19 bits per heavy atom. The first-order valence-electron chi connectivity index (χ1n) is 6.23. The number of nitrogens with one attached hydrogen (secondary N) is 1. The summed E-state index contributed by atoms with van der Waals surface area (Å²) in [6, 6.07) is 0. The van der Waals surface area contributed by atoms with Crippen LogP contribution in [-0.4, -0.2) is 52.7 Å². The van der Waals surface area contributed by atoms with Crippen LogP contribution in [-0.2, 0) is 14.2 Å². The third kappa shape index (κ3) is 5.80. The summed E-state index contributed by atoms with van der Waals surface area (Å²) in [6.45, 7) is 7.40. The second-order valence-electron chi connectivity index (χ2n) is 4.29. The van der Waals surface area contributed by atoms with Gasteiger partial charge in [-0.15, -0.1) is 0 Å². The summed E-state index contributed by atoms with van der Waals surface area (Å²) >= 11 is 0. The van der Waals surface area contributed by atoms with E-state index in [9.17, 15) is 0 Å². The molecule has 16 heavy (non-hydrogen) atoms. The van der Waals surface area contributed by atoms with Gasteiger partial charge in [0, 0.05) is 40.0 Å². The zero-order chi connectivity index (χ0) is 11.6. The highest BCUT2D eigenvalue weighted by molar-refractivity contribution is 4.74. The van der Waals surface area contributed by atoms with Crippen LogP contribution in [0.3, 0.4) is 0 Å². The van der Waals surface area contributed by atoms with Gasteiger partial charge in [0.15, 0.2) is 0 Å². The van der Waals surface area contributed by atoms with Gasteiger partial charge in [-0.25, -0.2) is 0 Å². The van der Waals surface area contributed by atoms with Crippen molar-refractivity contribution < 1.29 is 14.2 Å². The van der Waals surface area contributed by atoms with Gasteiger partial charge in [-0.3, -0.25) is 0 Å². The first-order chi connectivity index (χ1) is 7.84. The van der Waals surface area contributed by atoms with E-state index >= 15 is 0 Å². The number of ether oxygens (including phenoxy) is 3. The number of methoxy groups -OCH3 is 1. The maximum atomic E-state index is 5.50. The molecular weight excluding hydrogens is 206 g/mol. The van der Waals surface area contributed by atoms with Crippen LogP contribution in [0.5, 0.6) is 0 Å². The molecule has 1 N–H and O–H groups in total. The Morgan fingerprint density at radius 1 is 1.31 bits per heavy atom. The molecule has 2 unspecified atom stereocenters. The van der Waals surface area contributed by atoms with E-state index < -0.39 is 0 Å². The van der Waals surface area contributed by atoms with E-state index in [4.69, 9.17) is 14.2 Å². The molecule has 1 aliphatic heterocycles. The smallest absolute Gasteiger partial charge is 0.0590 e. The minimum Gasteiger partial charge on any atom is -0.385 e. The van der Waals surface area contributed by atoms with Gasteiger partial charge in [0.25, 0.3) is 0 Å². The van der Waals surface area contributed by atoms with Crippen molar-refractivity contribution >= 4 is 0 Å². The number of hydrogen-bond acceptors (Lipinski definition) is 4. The van der Waals surface area contributed by atoms with Crippen LogP contribution < -0.4 is 5.32 Å². The third-order valence-electron chi connectivity index (χ3n) is 3.00. The fourth-order valence-corrected chi connectivity index (χ4v) is 1.88. The van der Waals surface area contributed by atoms with Crippen molar-refractivity contribution in [3.05, 3.63) is 0 Å². The Kier molecular flexibility index (Phi) is 7.76. The molecule has 0 aliphatic carbocycles. The average molecular weight is 231 g/mol. The predicted octanol–water partition coefficient (Wildman–Crippen LogP) is 1.05. The van der Waals surface area contributed by atoms with E-state index in [1.54, 1.807) is 7.11 Å². The van der Waals surface area contributed by atoms with E-state index in [-0.39, 0.29) is 0 Å². The highest BCUT2D eigenvalue weighted by atomic mass is 16.5. The minimum absolute atomic E-state index is 0.412. The predicted molar refractivity (Wildman–Crippen MR) is 63.7 cm³/mol. The van der Waals surface area contributed by atoms with Crippen molar-refractivity contribution in [3.63, 3.8) is 0 Å². The zero-order valence-electron chi connectivity index (χ0n) is 10.5. The van der Waals surface area contributed by atoms with Crippen molar-refractivity contribution in [1.82, 2.24) is 5.32 Å². The summed E-state index contributed by atoms with van der Waals surface area (Å²) in [5, 5.41) is 3.41. The van der Waals surface area contributed by atoms with E-state index in [0.29, 0.717) is 12.0 Å². The minimum atomic E-state index is 0.412. The molecule has 1 aliphatic rings. The molecule has 1 saturated heterocycles. The van der Waals surface area contributed by atoms with Crippen LogP contribution in [0, 0.1) is 5.92 Å². The molecule has 0 spiro atoms. The SMILES string of the molecule is COCCCOCCNCC1CCOC1C.